The van der Waals surface area contributed by atoms with Gasteiger partial charge in [-0.05, 0) is 49.4 Å². The molecule has 5 nitrogen and oxygen atoms in total. The third-order valence-corrected chi connectivity index (χ3v) is 2.75. The van der Waals surface area contributed by atoms with Gasteiger partial charge in [0.05, 0.1) is 6.61 Å². The highest BCUT2D eigenvalue weighted by Crippen LogP contribution is 2.14. The van der Waals surface area contributed by atoms with Crippen molar-refractivity contribution in [2.75, 3.05) is 17.2 Å². The van der Waals surface area contributed by atoms with Gasteiger partial charge in [0.2, 0.25) is 0 Å². The fraction of sp³-hybridized carbons (Fsp3) is 0.125. The summed E-state index contributed by atoms with van der Waals surface area (Å²) in [6.45, 7) is 1.99. The Bertz CT molecular complexity index is 671. The molecule has 2 rings (SSSR count). The van der Waals surface area contributed by atoms with Crippen LogP contribution in [0.5, 0.6) is 0 Å². The number of hydrogen-bond acceptors (Lipinski definition) is 3. The van der Waals surface area contributed by atoms with E-state index in [0.717, 1.165) is 0 Å². The van der Waals surface area contributed by atoms with E-state index in [0.29, 0.717) is 16.9 Å². The van der Waals surface area contributed by atoms with Crippen molar-refractivity contribution in [3.63, 3.8) is 0 Å². The Labute approximate surface area is 127 Å². The van der Waals surface area contributed by atoms with Gasteiger partial charge in [-0.1, -0.05) is 6.07 Å². The highest BCUT2D eigenvalue weighted by Gasteiger charge is 2.07. The quantitative estimate of drug-likeness (QED) is 0.906. The summed E-state index contributed by atoms with van der Waals surface area (Å²) in [7, 11) is 0. The Morgan fingerprint density at radius 3 is 2.41 bits per heavy atom. The molecule has 114 valence electrons. The Morgan fingerprint density at radius 1 is 1.05 bits per heavy atom. The van der Waals surface area contributed by atoms with Gasteiger partial charge >= 0.3 is 6.09 Å². The van der Waals surface area contributed by atoms with E-state index in [2.05, 4.69) is 10.6 Å². The first-order valence-corrected chi connectivity index (χ1v) is 6.69. The zero-order valence-corrected chi connectivity index (χ0v) is 11.9. The van der Waals surface area contributed by atoms with E-state index < -0.39 is 11.9 Å². The molecule has 2 aromatic carbocycles. The molecule has 2 amide bonds. The first-order chi connectivity index (χ1) is 10.6. The zero-order chi connectivity index (χ0) is 15.9. The van der Waals surface area contributed by atoms with Crippen molar-refractivity contribution in [3.8, 4) is 0 Å². The number of carbonyl (C=O) groups is 2. The number of nitrogens with one attached hydrogen (secondary N) is 2. The second-order valence-corrected chi connectivity index (χ2v) is 4.39. The Kier molecular flexibility index (Phi) is 5.08. The van der Waals surface area contributed by atoms with E-state index in [9.17, 15) is 14.0 Å². The van der Waals surface area contributed by atoms with Crippen LogP contribution in [-0.4, -0.2) is 18.6 Å². The average molecular weight is 302 g/mol. The highest BCUT2D eigenvalue weighted by atomic mass is 19.1. The third kappa shape index (κ3) is 4.31. The zero-order valence-electron chi connectivity index (χ0n) is 11.9. The second-order valence-electron chi connectivity index (χ2n) is 4.39. The monoisotopic (exact) mass is 302 g/mol. The van der Waals surface area contributed by atoms with Gasteiger partial charge < -0.3 is 10.1 Å². The van der Waals surface area contributed by atoms with Gasteiger partial charge in [0.25, 0.3) is 5.91 Å². The second kappa shape index (κ2) is 7.21. The topological polar surface area (TPSA) is 67.4 Å². The summed E-state index contributed by atoms with van der Waals surface area (Å²) >= 11 is 0. The van der Waals surface area contributed by atoms with E-state index in [-0.39, 0.29) is 12.5 Å². The van der Waals surface area contributed by atoms with Gasteiger partial charge in [0.15, 0.2) is 0 Å². The Balaban J connectivity index is 2.00. The lowest BCUT2D eigenvalue weighted by Gasteiger charge is -2.07. The van der Waals surface area contributed by atoms with E-state index in [1.165, 1.54) is 18.2 Å². The lowest BCUT2D eigenvalue weighted by molar-refractivity contribution is 0.102. The first kappa shape index (κ1) is 15.5. The molecule has 0 fully saturated rings. The van der Waals surface area contributed by atoms with E-state index >= 15 is 0 Å². The highest BCUT2D eigenvalue weighted by molar-refractivity contribution is 6.04. The molecule has 0 aliphatic rings. The van der Waals surface area contributed by atoms with E-state index in [1.54, 1.807) is 37.3 Å². The van der Waals surface area contributed by atoms with E-state index in [4.69, 9.17) is 4.74 Å². The van der Waals surface area contributed by atoms with Crippen molar-refractivity contribution in [2.24, 2.45) is 0 Å². The molecule has 0 spiro atoms. The van der Waals surface area contributed by atoms with Crippen LogP contribution < -0.4 is 10.6 Å². The summed E-state index contributed by atoms with van der Waals surface area (Å²) in [5.74, 6) is -0.792. The molecule has 0 aromatic heterocycles. The van der Waals surface area contributed by atoms with Gasteiger partial charge in [0.1, 0.15) is 5.82 Å². The van der Waals surface area contributed by atoms with Crippen LogP contribution >= 0.6 is 0 Å². The summed E-state index contributed by atoms with van der Waals surface area (Å²) in [6.07, 6.45) is -0.556. The van der Waals surface area contributed by atoms with Crippen LogP contribution in [0.3, 0.4) is 0 Å². The summed E-state index contributed by atoms with van der Waals surface area (Å²) < 4.78 is 17.8. The van der Waals surface area contributed by atoms with Crippen LogP contribution in [0.15, 0.2) is 48.5 Å². The molecule has 0 heterocycles. The van der Waals surface area contributed by atoms with Gasteiger partial charge in [-0.25, -0.2) is 9.18 Å². The minimum atomic E-state index is -0.556. The SMILES string of the molecule is CCOC(=O)Nc1ccc(C(=O)Nc2cccc(F)c2)cc1. The van der Waals surface area contributed by atoms with Crippen LogP contribution in [0.25, 0.3) is 0 Å². The van der Waals surface area contributed by atoms with Crippen molar-refractivity contribution >= 4 is 23.4 Å². The number of hydrogen-bond donors (Lipinski definition) is 2. The maximum atomic E-state index is 13.1. The summed E-state index contributed by atoms with van der Waals surface area (Å²) in [6, 6.07) is 11.9. The number of benzene rings is 2. The summed E-state index contributed by atoms with van der Waals surface area (Å²) in [5.41, 5.74) is 1.28. The van der Waals surface area contributed by atoms with Crippen molar-refractivity contribution in [2.45, 2.75) is 6.92 Å². The molecule has 2 N–H and O–H groups in total. The lowest BCUT2D eigenvalue weighted by Crippen LogP contribution is -2.14. The molecular weight excluding hydrogens is 287 g/mol. The molecule has 0 saturated heterocycles. The molecule has 0 aliphatic carbocycles. The molecule has 6 heteroatoms. The van der Waals surface area contributed by atoms with Gasteiger partial charge in [-0.2, -0.15) is 0 Å². The molecular formula is C16H15FN2O3. The molecule has 0 atom stereocenters. The average Bonchev–Trinajstić information content (AvgIpc) is 2.48. The van der Waals surface area contributed by atoms with Crippen molar-refractivity contribution in [1.82, 2.24) is 0 Å². The van der Waals surface area contributed by atoms with E-state index in [1.807, 2.05) is 0 Å². The number of ether oxygens (including phenoxy) is 1. The van der Waals surface area contributed by atoms with Crippen molar-refractivity contribution in [1.29, 1.82) is 0 Å². The standard InChI is InChI=1S/C16H15FN2O3/c1-2-22-16(21)19-13-8-6-11(7-9-13)15(20)18-14-5-3-4-12(17)10-14/h3-10H,2H2,1H3,(H,18,20)(H,19,21). The summed E-state index contributed by atoms with van der Waals surface area (Å²) in [4.78, 5) is 23.3. The third-order valence-electron chi connectivity index (χ3n) is 2.75. The number of carbonyl (C=O) groups excluding carboxylic acids is 2. The maximum absolute atomic E-state index is 13.1. The van der Waals surface area contributed by atoms with Crippen molar-refractivity contribution in [3.05, 3.63) is 59.9 Å². The first-order valence-electron chi connectivity index (χ1n) is 6.69. The van der Waals surface area contributed by atoms with Crippen LogP contribution in [0, 0.1) is 5.82 Å². The van der Waals surface area contributed by atoms with Crippen LogP contribution in [0.2, 0.25) is 0 Å². The predicted octanol–water partition coefficient (Wildman–Crippen LogP) is 3.65. The fourth-order valence-corrected chi connectivity index (χ4v) is 1.76. The lowest BCUT2D eigenvalue weighted by atomic mass is 10.2. The van der Waals surface area contributed by atoms with Crippen molar-refractivity contribution < 1.29 is 18.7 Å². The largest absolute Gasteiger partial charge is 0.450 e. The van der Waals surface area contributed by atoms with Crippen LogP contribution in [-0.2, 0) is 4.74 Å². The molecule has 0 radical (unpaired) electrons. The predicted molar refractivity (Wildman–Crippen MR) is 81.4 cm³/mol. The molecule has 2 aromatic rings. The molecule has 0 bridgehead atoms. The van der Waals surface area contributed by atoms with Gasteiger partial charge in [-0.15, -0.1) is 0 Å². The van der Waals surface area contributed by atoms with Crippen LogP contribution in [0.4, 0.5) is 20.6 Å². The van der Waals surface area contributed by atoms with Crippen LogP contribution in [0.1, 0.15) is 17.3 Å². The maximum Gasteiger partial charge on any atom is 0.411 e. The molecule has 0 aliphatic heterocycles. The minimum absolute atomic E-state index is 0.278. The fourth-order valence-electron chi connectivity index (χ4n) is 1.76. The number of rotatable bonds is 4. The number of halogens is 1. The van der Waals surface area contributed by atoms with Gasteiger partial charge in [0, 0.05) is 16.9 Å². The normalized spacial score (nSPS) is 9.91. The number of anilines is 2. The Morgan fingerprint density at radius 2 is 1.77 bits per heavy atom. The number of amides is 2. The molecule has 0 saturated carbocycles. The smallest absolute Gasteiger partial charge is 0.411 e. The molecule has 22 heavy (non-hydrogen) atoms. The minimum Gasteiger partial charge on any atom is -0.450 e. The van der Waals surface area contributed by atoms with Gasteiger partial charge in [-0.3, -0.25) is 10.1 Å². The molecule has 0 unspecified atom stereocenters. The summed E-state index contributed by atoms with van der Waals surface area (Å²) in [5, 5.41) is 5.11. The Hall–Kier alpha value is -2.89.